The highest BCUT2D eigenvalue weighted by Crippen LogP contribution is 2.11. The fourth-order valence-electron chi connectivity index (χ4n) is 3.44. The topological polar surface area (TPSA) is 76.4 Å². The van der Waals surface area contributed by atoms with Gasteiger partial charge in [0.05, 0.1) is 11.6 Å². The second-order valence-corrected chi connectivity index (χ2v) is 7.41. The van der Waals surface area contributed by atoms with E-state index in [9.17, 15) is 9.59 Å². The second kappa shape index (κ2) is 9.85. The summed E-state index contributed by atoms with van der Waals surface area (Å²) >= 11 is 0. The molecule has 1 heterocycles. The molecule has 0 bridgehead atoms. The Bertz CT molecular complexity index is 866. The Morgan fingerprint density at radius 3 is 2.31 bits per heavy atom. The van der Waals surface area contributed by atoms with Crippen LogP contribution in [0.3, 0.4) is 0 Å². The molecule has 0 radical (unpaired) electrons. The molecule has 1 saturated heterocycles. The maximum absolute atomic E-state index is 12.6. The van der Waals surface area contributed by atoms with Gasteiger partial charge in [0.15, 0.2) is 0 Å². The van der Waals surface area contributed by atoms with Gasteiger partial charge in [-0.2, -0.15) is 5.26 Å². The maximum atomic E-state index is 12.6. The Morgan fingerprint density at radius 2 is 1.69 bits per heavy atom. The Labute approximate surface area is 171 Å². The van der Waals surface area contributed by atoms with Crippen LogP contribution in [-0.4, -0.2) is 53.8 Å². The number of amides is 2. The molecule has 1 atom stereocenters. The zero-order chi connectivity index (χ0) is 20.6. The second-order valence-electron chi connectivity index (χ2n) is 7.41. The fourth-order valence-corrected chi connectivity index (χ4v) is 3.44. The molecular formula is C23H26N4O2. The van der Waals surface area contributed by atoms with Crippen LogP contribution < -0.4 is 5.32 Å². The van der Waals surface area contributed by atoms with Crippen molar-refractivity contribution < 1.29 is 9.59 Å². The summed E-state index contributed by atoms with van der Waals surface area (Å²) in [5.74, 6) is -0.0815. The molecule has 2 amide bonds. The fraction of sp³-hybridized carbons (Fsp3) is 0.348. The number of nitrogens with one attached hydrogen (secondary N) is 1. The highest BCUT2D eigenvalue weighted by Gasteiger charge is 2.23. The Morgan fingerprint density at radius 1 is 1.03 bits per heavy atom. The lowest BCUT2D eigenvalue weighted by atomic mass is 10.1. The first-order chi connectivity index (χ1) is 14.0. The van der Waals surface area contributed by atoms with Crippen molar-refractivity contribution in [3.63, 3.8) is 0 Å². The smallest absolute Gasteiger partial charge is 0.251 e. The highest BCUT2D eigenvalue weighted by molar-refractivity contribution is 5.94. The van der Waals surface area contributed by atoms with Crippen LogP contribution in [-0.2, 0) is 11.3 Å². The Balaban J connectivity index is 1.42. The molecule has 6 heteroatoms. The van der Waals surface area contributed by atoms with E-state index in [0.717, 1.165) is 19.6 Å². The first-order valence-electron chi connectivity index (χ1n) is 9.90. The number of nitriles is 1. The molecule has 1 fully saturated rings. The summed E-state index contributed by atoms with van der Waals surface area (Å²) in [6.45, 7) is 5.69. The lowest BCUT2D eigenvalue weighted by Crippen LogP contribution is -2.49. The number of nitrogens with zero attached hydrogens (tertiary/aromatic N) is 3. The molecule has 1 aliphatic rings. The van der Waals surface area contributed by atoms with Crippen LogP contribution in [0.25, 0.3) is 0 Å². The summed E-state index contributed by atoms with van der Waals surface area (Å²) in [4.78, 5) is 29.0. The van der Waals surface area contributed by atoms with E-state index in [1.54, 1.807) is 12.1 Å². The number of benzene rings is 2. The molecule has 1 N–H and O–H groups in total. The van der Waals surface area contributed by atoms with E-state index in [2.05, 4.69) is 16.3 Å². The number of hydrogen-bond acceptors (Lipinski definition) is 4. The minimum atomic E-state index is -0.216. The van der Waals surface area contributed by atoms with Gasteiger partial charge < -0.3 is 10.2 Å². The summed E-state index contributed by atoms with van der Waals surface area (Å²) in [6.07, 6.45) is 0.300. The van der Waals surface area contributed by atoms with Gasteiger partial charge in [-0.25, -0.2) is 0 Å². The summed E-state index contributed by atoms with van der Waals surface area (Å²) in [7, 11) is 0. The minimum absolute atomic E-state index is 0.0730. The van der Waals surface area contributed by atoms with Crippen molar-refractivity contribution in [2.75, 3.05) is 26.2 Å². The van der Waals surface area contributed by atoms with Crippen molar-refractivity contribution in [3.8, 4) is 6.07 Å². The third kappa shape index (κ3) is 5.90. The molecule has 0 spiro atoms. The van der Waals surface area contributed by atoms with E-state index in [-0.39, 0.29) is 17.9 Å². The SMILES string of the molecule is C[C@H](CC(=O)N1CCN(Cc2ccc(C#N)cc2)CC1)NC(=O)c1ccccc1. The molecule has 6 nitrogen and oxygen atoms in total. The standard InChI is InChI=1S/C23H26N4O2/c1-18(25-23(29)21-5-3-2-4-6-21)15-22(28)27-13-11-26(12-14-27)17-20-9-7-19(16-24)8-10-20/h2-10,18H,11-15,17H2,1H3,(H,25,29)/t18-/m1/s1. The zero-order valence-electron chi connectivity index (χ0n) is 16.7. The van der Waals surface area contributed by atoms with Crippen LogP contribution >= 0.6 is 0 Å². The third-order valence-electron chi connectivity index (χ3n) is 5.11. The third-order valence-corrected chi connectivity index (χ3v) is 5.11. The number of hydrogen-bond donors (Lipinski definition) is 1. The van der Waals surface area contributed by atoms with Crippen LogP contribution in [0, 0.1) is 11.3 Å². The molecule has 3 rings (SSSR count). The van der Waals surface area contributed by atoms with Gasteiger partial charge in [0.25, 0.3) is 5.91 Å². The van der Waals surface area contributed by atoms with Crippen molar-refractivity contribution >= 4 is 11.8 Å². The predicted octanol–water partition coefficient (Wildman–Crippen LogP) is 2.41. The molecule has 0 aromatic heterocycles. The van der Waals surface area contributed by atoms with Crippen LogP contribution in [0.4, 0.5) is 0 Å². The molecular weight excluding hydrogens is 364 g/mol. The Hall–Kier alpha value is -3.17. The highest BCUT2D eigenvalue weighted by atomic mass is 16.2. The average molecular weight is 390 g/mol. The van der Waals surface area contributed by atoms with Gasteiger partial charge in [-0.05, 0) is 36.8 Å². The van der Waals surface area contributed by atoms with Crippen LogP contribution in [0.2, 0.25) is 0 Å². The summed E-state index contributed by atoms with van der Waals surface area (Å²) in [5.41, 5.74) is 2.43. The van der Waals surface area contributed by atoms with Gasteiger partial charge in [0.2, 0.25) is 5.91 Å². The molecule has 0 saturated carbocycles. The van der Waals surface area contributed by atoms with Crippen molar-refractivity contribution in [2.24, 2.45) is 0 Å². The monoisotopic (exact) mass is 390 g/mol. The van der Waals surface area contributed by atoms with Crippen LogP contribution in [0.1, 0.15) is 34.8 Å². The maximum Gasteiger partial charge on any atom is 0.251 e. The quantitative estimate of drug-likeness (QED) is 0.822. The summed E-state index contributed by atoms with van der Waals surface area (Å²) in [5, 5.41) is 11.8. The van der Waals surface area contributed by atoms with Crippen LogP contribution in [0.15, 0.2) is 54.6 Å². The molecule has 150 valence electrons. The van der Waals surface area contributed by atoms with Crippen molar-refractivity contribution in [1.82, 2.24) is 15.1 Å². The van der Waals surface area contributed by atoms with Gasteiger partial charge >= 0.3 is 0 Å². The van der Waals surface area contributed by atoms with E-state index < -0.39 is 0 Å². The molecule has 29 heavy (non-hydrogen) atoms. The molecule has 0 aliphatic carbocycles. The summed E-state index contributed by atoms with van der Waals surface area (Å²) in [6, 6.07) is 18.6. The van der Waals surface area contributed by atoms with Crippen LogP contribution in [0.5, 0.6) is 0 Å². The lowest BCUT2D eigenvalue weighted by Gasteiger charge is -2.35. The van der Waals surface area contributed by atoms with Gasteiger partial charge in [0.1, 0.15) is 0 Å². The number of carbonyl (C=O) groups excluding carboxylic acids is 2. The zero-order valence-corrected chi connectivity index (χ0v) is 16.7. The van der Waals surface area contributed by atoms with Crippen molar-refractivity contribution in [2.45, 2.75) is 25.9 Å². The predicted molar refractivity (Wildman–Crippen MR) is 111 cm³/mol. The minimum Gasteiger partial charge on any atom is -0.349 e. The number of carbonyl (C=O) groups is 2. The van der Waals surface area contributed by atoms with E-state index in [1.807, 2.05) is 54.3 Å². The Kier molecular flexibility index (Phi) is 6.99. The van der Waals surface area contributed by atoms with E-state index >= 15 is 0 Å². The van der Waals surface area contributed by atoms with Gasteiger partial charge in [-0.3, -0.25) is 14.5 Å². The van der Waals surface area contributed by atoms with Crippen molar-refractivity contribution in [1.29, 1.82) is 5.26 Å². The summed E-state index contributed by atoms with van der Waals surface area (Å²) < 4.78 is 0. The van der Waals surface area contributed by atoms with E-state index in [1.165, 1.54) is 5.56 Å². The first-order valence-corrected chi connectivity index (χ1v) is 9.90. The number of rotatable bonds is 6. The van der Waals surface area contributed by atoms with Gasteiger partial charge in [0, 0.05) is 50.7 Å². The first kappa shape index (κ1) is 20.6. The van der Waals surface area contributed by atoms with Gasteiger partial charge in [-0.15, -0.1) is 0 Å². The average Bonchev–Trinajstić information content (AvgIpc) is 2.75. The molecule has 2 aromatic rings. The lowest BCUT2D eigenvalue weighted by molar-refractivity contribution is -0.133. The largest absolute Gasteiger partial charge is 0.349 e. The van der Waals surface area contributed by atoms with E-state index in [0.29, 0.717) is 30.6 Å². The molecule has 0 unspecified atom stereocenters. The number of piperazine rings is 1. The van der Waals surface area contributed by atoms with E-state index in [4.69, 9.17) is 5.26 Å². The molecule has 2 aromatic carbocycles. The normalized spacial score (nSPS) is 15.4. The van der Waals surface area contributed by atoms with Crippen molar-refractivity contribution in [3.05, 3.63) is 71.3 Å². The molecule has 1 aliphatic heterocycles. The van der Waals surface area contributed by atoms with Gasteiger partial charge in [-0.1, -0.05) is 30.3 Å².